The Morgan fingerprint density at radius 3 is 2.70 bits per heavy atom. The molecule has 1 saturated heterocycles. The summed E-state index contributed by atoms with van der Waals surface area (Å²) < 4.78 is 18.9. The van der Waals surface area contributed by atoms with E-state index in [9.17, 15) is 9.18 Å². The van der Waals surface area contributed by atoms with E-state index < -0.39 is 0 Å². The molecular weight excluding hydrogens is 379 g/mol. The molecule has 1 amide bonds. The van der Waals surface area contributed by atoms with Crippen LogP contribution in [-0.2, 0) is 11.2 Å². The minimum atomic E-state index is -0.190. The number of carbonyl (C=O) groups is 1. The fourth-order valence-electron chi connectivity index (χ4n) is 4.14. The number of amides is 1. The molecule has 2 aromatic rings. The second kappa shape index (κ2) is 10.4. The van der Waals surface area contributed by atoms with Crippen molar-refractivity contribution >= 4 is 5.91 Å². The number of hydrogen-bond acceptors (Lipinski definition) is 3. The average molecular weight is 411 g/mol. The largest absolute Gasteiger partial charge is 0.497 e. The Hall–Kier alpha value is -2.66. The highest BCUT2D eigenvalue weighted by Gasteiger charge is 2.32. The van der Waals surface area contributed by atoms with Gasteiger partial charge in [0, 0.05) is 26.2 Å². The molecule has 2 unspecified atom stereocenters. The number of likely N-dealkylation sites (tertiary alicyclic amines) is 1. The van der Waals surface area contributed by atoms with Crippen molar-refractivity contribution in [1.29, 1.82) is 0 Å². The Kier molecular flexibility index (Phi) is 7.63. The van der Waals surface area contributed by atoms with Crippen LogP contribution in [0.2, 0.25) is 0 Å². The summed E-state index contributed by atoms with van der Waals surface area (Å²) in [4.78, 5) is 15.2. The highest BCUT2D eigenvalue weighted by molar-refractivity contribution is 5.79. The lowest BCUT2D eigenvalue weighted by Crippen LogP contribution is -2.46. The molecule has 3 rings (SSSR count). The van der Waals surface area contributed by atoms with E-state index in [1.807, 2.05) is 42.5 Å². The first-order valence-corrected chi connectivity index (χ1v) is 10.5. The van der Waals surface area contributed by atoms with Gasteiger partial charge in [0.25, 0.3) is 0 Å². The molecule has 4 nitrogen and oxygen atoms in total. The molecular formula is C25H31FN2O2. The number of methoxy groups -OCH3 is 1. The third kappa shape index (κ3) is 5.70. The van der Waals surface area contributed by atoms with Gasteiger partial charge in [0.1, 0.15) is 11.6 Å². The lowest BCUT2D eigenvalue weighted by Gasteiger charge is -2.37. The van der Waals surface area contributed by atoms with Crippen molar-refractivity contribution in [3.05, 3.63) is 77.6 Å². The van der Waals surface area contributed by atoms with Gasteiger partial charge < -0.3 is 10.1 Å². The van der Waals surface area contributed by atoms with Gasteiger partial charge in [-0.25, -0.2) is 4.39 Å². The summed E-state index contributed by atoms with van der Waals surface area (Å²) in [5, 5.41) is 3.10. The van der Waals surface area contributed by atoms with Crippen molar-refractivity contribution in [2.75, 3.05) is 33.3 Å². The maximum absolute atomic E-state index is 13.7. The first kappa shape index (κ1) is 22.0. The first-order valence-electron chi connectivity index (χ1n) is 10.5. The molecule has 0 bridgehead atoms. The van der Waals surface area contributed by atoms with E-state index in [-0.39, 0.29) is 23.6 Å². The maximum atomic E-state index is 13.7. The van der Waals surface area contributed by atoms with Gasteiger partial charge in [-0.1, -0.05) is 30.3 Å². The van der Waals surface area contributed by atoms with Crippen LogP contribution in [0.15, 0.2) is 55.1 Å². The van der Waals surface area contributed by atoms with Crippen molar-refractivity contribution in [2.24, 2.45) is 5.92 Å². The second-order valence-electron chi connectivity index (χ2n) is 8.03. The molecule has 2 atom stereocenters. The summed E-state index contributed by atoms with van der Waals surface area (Å²) >= 11 is 0. The molecule has 0 aliphatic carbocycles. The van der Waals surface area contributed by atoms with Crippen molar-refractivity contribution in [3.8, 4) is 5.75 Å². The molecule has 5 heteroatoms. The zero-order valence-electron chi connectivity index (χ0n) is 17.9. The molecule has 0 aromatic heterocycles. The standard InChI is InChI=1S/C25H31FN2O2/c1-4-13-28-16-21(20-7-10-24(26)18(2)14-20)15-22(17-28)25(29)27-12-11-19-5-8-23(30-3)9-6-19/h4-10,14,21-22H,1,11-13,15-17H2,2-3H3,(H,27,29). The van der Waals surface area contributed by atoms with Crippen LogP contribution in [0, 0.1) is 18.7 Å². The predicted octanol–water partition coefficient (Wildman–Crippen LogP) is 4.09. The number of ether oxygens (including phenoxy) is 1. The minimum Gasteiger partial charge on any atom is -0.497 e. The second-order valence-corrected chi connectivity index (χ2v) is 8.03. The molecule has 30 heavy (non-hydrogen) atoms. The summed E-state index contributed by atoms with van der Waals surface area (Å²) in [6.45, 7) is 8.54. The number of benzene rings is 2. The third-order valence-electron chi connectivity index (χ3n) is 5.81. The lowest BCUT2D eigenvalue weighted by molar-refractivity contribution is -0.126. The number of hydrogen-bond donors (Lipinski definition) is 1. The summed E-state index contributed by atoms with van der Waals surface area (Å²) in [5.74, 6) is 0.834. The topological polar surface area (TPSA) is 41.6 Å². The van der Waals surface area contributed by atoms with Gasteiger partial charge in [-0.05, 0) is 60.6 Å². The molecule has 2 aromatic carbocycles. The Bertz CT molecular complexity index is 866. The molecule has 1 fully saturated rings. The molecule has 0 radical (unpaired) electrons. The number of carbonyl (C=O) groups excluding carboxylic acids is 1. The van der Waals surface area contributed by atoms with Crippen molar-refractivity contribution in [2.45, 2.75) is 25.7 Å². The van der Waals surface area contributed by atoms with E-state index in [2.05, 4.69) is 16.8 Å². The van der Waals surface area contributed by atoms with Gasteiger partial charge in [0.2, 0.25) is 5.91 Å². The SMILES string of the molecule is C=CCN1CC(C(=O)NCCc2ccc(OC)cc2)CC(c2ccc(F)c(C)c2)C1. The molecule has 160 valence electrons. The van der Waals surface area contributed by atoms with Gasteiger partial charge in [-0.15, -0.1) is 6.58 Å². The van der Waals surface area contributed by atoms with Crippen molar-refractivity contribution in [3.63, 3.8) is 0 Å². The number of halogens is 1. The monoisotopic (exact) mass is 410 g/mol. The Labute approximate surface area is 178 Å². The minimum absolute atomic E-state index is 0.0844. The molecule has 1 N–H and O–H groups in total. The number of piperidine rings is 1. The van der Waals surface area contributed by atoms with Crippen LogP contribution < -0.4 is 10.1 Å². The average Bonchev–Trinajstić information content (AvgIpc) is 2.76. The van der Waals surface area contributed by atoms with Gasteiger partial charge >= 0.3 is 0 Å². The smallest absolute Gasteiger partial charge is 0.224 e. The highest BCUT2D eigenvalue weighted by atomic mass is 19.1. The van der Waals surface area contributed by atoms with Crippen LogP contribution in [0.1, 0.15) is 29.0 Å². The predicted molar refractivity (Wildman–Crippen MR) is 118 cm³/mol. The van der Waals surface area contributed by atoms with Crippen molar-refractivity contribution < 1.29 is 13.9 Å². The molecule has 1 aliphatic heterocycles. The number of rotatable bonds is 8. The van der Waals surface area contributed by atoms with Gasteiger partial charge in [0.15, 0.2) is 0 Å². The Morgan fingerprint density at radius 2 is 2.03 bits per heavy atom. The van der Waals surface area contributed by atoms with E-state index >= 15 is 0 Å². The van der Waals surface area contributed by atoms with E-state index in [1.54, 1.807) is 14.0 Å². The van der Waals surface area contributed by atoms with E-state index in [0.29, 0.717) is 12.1 Å². The van der Waals surface area contributed by atoms with Crippen LogP contribution in [0.5, 0.6) is 5.75 Å². The summed E-state index contributed by atoms with van der Waals surface area (Å²) in [5.41, 5.74) is 2.90. The van der Waals surface area contributed by atoms with Crippen LogP contribution in [0.3, 0.4) is 0 Å². The normalized spacial score (nSPS) is 19.3. The lowest BCUT2D eigenvalue weighted by atomic mass is 9.83. The van der Waals surface area contributed by atoms with Crippen molar-refractivity contribution in [1.82, 2.24) is 10.2 Å². The Morgan fingerprint density at radius 1 is 1.27 bits per heavy atom. The first-order chi connectivity index (χ1) is 14.5. The third-order valence-corrected chi connectivity index (χ3v) is 5.81. The fraction of sp³-hybridized carbons (Fsp3) is 0.400. The highest BCUT2D eigenvalue weighted by Crippen LogP contribution is 2.31. The van der Waals surface area contributed by atoms with Crippen LogP contribution in [0.4, 0.5) is 4.39 Å². The number of nitrogens with zero attached hydrogens (tertiary/aromatic N) is 1. The fourth-order valence-corrected chi connectivity index (χ4v) is 4.14. The summed E-state index contributed by atoms with van der Waals surface area (Å²) in [7, 11) is 1.65. The van der Waals surface area contributed by atoms with Crippen LogP contribution in [0.25, 0.3) is 0 Å². The molecule has 1 heterocycles. The maximum Gasteiger partial charge on any atom is 0.224 e. The van der Waals surface area contributed by atoms with Crippen LogP contribution >= 0.6 is 0 Å². The van der Waals surface area contributed by atoms with E-state index in [0.717, 1.165) is 49.4 Å². The van der Waals surface area contributed by atoms with Gasteiger partial charge in [0.05, 0.1) is 13.0 Å². The molecule has 0 spiro atoms. The zero-order valence-corrected chi connectivity index (χ0v) is 17.9. The van der Waals surface area contributed by atoms with E-state index in [4.69, 9.17) is 4.74 Å². The summed E-state index contributed by atoms with van der Waals surface area (Å²) in [6.07, 6.45) is 3.42. The molecule has 0 saturated carbocycles. The van der Waals surface area contributed by atoms with Gasteiger partial charge in [-0.3, -0.25) is 9.69 Å². The van der Waals surface area contributed by atoms with Crippen LogP contribution in [-0.4, -0.2) is 44.1 Å². The summed E-state index contributed by atoms with van der Waals surface area (Å²) in [6, 6.07) is 13.2. The number of nitrogens with one attached hydrogen (secondary N) is 1. The van der Waals surface area contributed by atoms with E-state index in [1.165, 1.54) is 6.07 Å². The van der Waals surface area contributed by atoms with Gasteiger partial charge in [-0.2, -0.15) is 0 Å². The Balaban J connectivity index is 1.61. The molecule has 1 aliphatic rings. The number of aryl methyl sites for hydroxylation is 1. The zero-order chi connectivity index (χ0) is 21.5. The quantitative estimate of drug-likeness (QED) is 0.667.